The van der Waals surface area contributed by atoms with Gasteiger partial charge in [0.25, 0.3) is 5.91 Å². The van der Waals surface area contributed by atoms with E-state index in [1.165, 1.54) is 0 Å². The second kappa shape index (κ2) is 7.78. The average molecular weight is 380 g/mol. The normalized spacial score (nSPS) is 22.2. The van der Waals surface area contributed by atoms with Crippen molar-refractivity contribution in [3.8, 4) is 0 Å². The van der Waals surface area contributed by atoms with E-state index in [-0.39, 0.29) is 17.2 Å². The number of hydrogen-bond acceptors (Lipinski definition) is 3. The van der Waals surface area contributed by atoms with Gasteiger partial charge in [-0.3, -0.25) is 14.3 Å². The minimum atomic E-state index is -0.372. The molecule has 0 saturated carbocycles. The Balaban J connectivity index is 1.43. The van der Waals surface area contributed by atoms with Gasteiger partial charge < -0.3 is 9.80 Å². The Kier molecular flexibility index (Phi) is 5.20. The molecule has 2 aliphatic rings. The molecule has 1 aromatic heterocycles. The summed E-state index contributed by atoms with van der Waals surface area (Å²) in [6, 6.07) is 10.1. The fourth-order valence-electron chi connectivity index (χ4n) is 4.57. The van der Waals surface area contributed by atoms with Gasteiger partial charge in [0, 0.05) is 32.4 Å². The molecule has 3 heterocycles. The molecule has 0 radical (unpaired) electrons. The minimum Gasteiger partial charge on any atom is -0.342 e. The van der Waals surface area contributed by atoms with E-state index in [0.29, 0.717) is 25.2 Å². The molecule has 1 aromatic carbocycles. The van der Waals surface area contributed by atoms with Crippen LogP contribution >= 0.6 is 0 Å². The third-order valence-electron chi connectivity index (χ3n) is 6.03. The first-order valence-corrected chi connectivity index (χ1v) is 10.3. The highest BCUT2D eigenvalue weighted by molar-refractivity contribution is 5.95. The van der Waals surface area contributed by atoms with E-state index in [0.717, 1.165) is 44.3 Å². The van der Waals surface area contributed by atoms with Crippen LogP contribution in [0.1, 0.15) is 48.5 Å². The second-order valence-electron chi connectivity index (χ2n) is 8.06. The number of rotatable bonds is 5. The summed E-state index contributed by atoms with van der Waals surface area (Å²) in [5, 5.41) is 4.35. The van der Waals surface area contributed by atoms with Crippen molar-refractivity contribution in [3.05, 3.63) is 53.9 Å². The van der Waals surface area contributed by atoms with Crippen molar-refractivity contribution >= 4 is 11.8 Å². The third kappa shape index (κ3) is 3.55. The Labute approximate surface area is 166 Å². The Morgan fingerprint density at radius 2 is 2.00 bits per heavy atom. The topological polar surface area (TPSA) is 58.4 Å². The first kappa shape index (κ1) is 18.7. The van der Waals surface area contributed by atoms with Gasteiger partial charge in [-0.1, -0.05) is 37.3 Å². The van der Waals surface area contributed by atoms with Crippen LogP contribution < -0.4 is 0 Å². The van der Waals surface area contributed by atoms with Gasteiger partial charge in [-0.25, -0.2) is 0 Å². The van der Waals surface area contributed by atoms with Crippen LogP contribution in [0.25, 0.3) is 0 Å². The number of carbonyl (C=O) groups is 2. The summed E-state index contributed by atoms with van der Waals surface area (Å²) in [5.41, 5.74) is 1.37. The summed E-state index contributed by atoms with van der Waals surface area (Å²) in [5.74, 6) is 0.229. The highest BCUT2D eigenvalue weighted by Crippen LogP contribution is 2.40. The Bertz CT molecular complexity index is 845. The predicted octanol–water partition coefficient (Wildman–Crippen LogP) is 2.80. The molecule has 1 spiro atoms. The Morgan fingerprint density at radius 1 is 1.18 bits per heavy atom. The second-order valence-corrected chi connectivity index (χ2v) is 8.06. The van der Waals surface area contributed by atoms with Crippen molar-refractivity contribution in [2.75, 3.05) is 26.2 Å². The van der Waals surface area contributed by atoms with Crippen LogP contribution in [-0.2, 0) is 11.3 Å². The zero-order chi connectivity index (χ0) is 19.6. The van der Waals surface area contributed by atoms with Crippen molar-refractivity contribution in [2.24, 2.45) is 5.41 Å². The van der Waals surface area contributed by atoms with E-state index >= 15 is 0 Å². The van der Waals surface area contributed by atoms with Gasteiger partial charge in [0.05, 0.1) is 23.7 Å². The van der Waals surface area contributed by atoms with Crippen LogP contribution in [0.5, 0.6) is 0 Å². The number of amides is 2. The summed E-state index contributed by atoms with van der Waals surface area (Å²) in [4.78, 5) is 29.9. The van der Waals surface area contributed by atoms with Crippen LogP contribution in [0.4, 0.5) is 0 Å². The van der Waals surface area contributed by atoms with Crippen molar-refractivity contribution in [2.45, 2.75) is 39.2 Å². The van der Waals surface area contributed by atoms with Crippen LogP contribution in [0.15, 0.2) is 42.7 Å². The van der Waals surface area contributed by atoms with E-state index < -0.39 is 0 Å². The maximum atomic E-state index is 13.0. The molecule has 1 unspecified atom stereocenters. The molecule has 0 N–H and O–H groups in total. The number of piperidine rings is 1. The molecule has 0 aliphatic carbocycles. The van der Waals surface area contributed by atoms with Gasteiger partial charge in [-0.2, -0.15) is 5.10 Å². The average Bonchev–Trinajstić information content (AvgIpc) is 3.34. The molecule has 2 saturated heterocycles. The molecular formula is C22H28N4O2. The van der Waals surface area contributed by atoms with Gasteiger partial charge in [-0.15, -0.1) is 0 Å². The van der Waals surface area contributed by atoms with Gasteiger partial charge >= 0.3 is 0 Å². The summed E-state index contributed by atoms with van der Waals surface area (Å²) in [6.45, 7) is 5.60. The van der Waals surface area contributed by atoms with Crippen LogP contribution in [0, 0.1) is 5.41 Å². The Morgan fingerprint density at radius 3 is 2.79 bits per heavy atom. The predicted molar refractivity (Wildman–Crippen MR) is 107 cm³/mol. The number of carbonyl (C=O) groups excluding carboxylic acids is 2. The zero-order valence-electron chi connectivity index (χ0n) is 16.5. The van der Waals surface area contributed by atoms with Gasteiger partial charge in [0.1, 0.15) is 0 Å². The van der Waals surface area contributed by atoms with Gasteiger partial charge in [-0.05, 0) is 31.2 Å². The maximum Gasteiger partial charge on any atom is 0.257 e. The quantitative estimate of drug-likeness (QED) is 0.801. The minimum absolute atomic E-state index is 0.0170. The van der Waals surface area contributed by atoms with Crippen LogP contribution in [0.3, 0.4) is 0 Å². The first-order valence-electron chi connectivity index (χ1n) is 10.3. The van der Waals surface area contributed by atoms with Crippen molar-refractivity contribution in [1.82, 2.24) is 19.6 Å². The number of hydrogen-bond donors (Lipinski definition) is 0. The molecule has 2 aromatic rings. The molecule has 2 fully saturated rings. The highest BCUT2D eigenvalue weighted by atomic mass is 16.2. The largest absolute Gasteiger partial charge is 0.342 e. The fraction of sp³-hybridized carbons (Fsp3) is 0.500. The number of likely N-dealkylation sites (tertiary alicyclic amines) is 2. The molecule has 28 heavy (non-hydrogen) atoms. The molecule has 6 nitrogen and oxygen atoms in total. The first-order chi connectivity index (χ1) is 13.6. The number of aromatic nitrogens is 2. The number of nitrogens with zero attached hydrogens (tertiary/aromatic N) is 4. The lowest BCUT2D eigenvalue weighted by atomic mass is 9.78. The van der Waals surface area contributed by atoms with Crippen LogP contribution in [-0.4, -0.2) is 57.6 Å². The molecule has 6 heteroatoms. The summed E-state index contributed by atoms with van der Waals surface area (Å²) >= 11 is 0. The molecule has 4 rings (SSSR count). The van der Waals surface area contributed by atoms with Gasteiger partial charge in [0.2, 0.25) is 5.91 Å². The van der Waals surface area contributed by atoms with Crippen molar-refractivity contribution in [1.29, 1.82) is 0 Å². The monoisotopic (exact) mass is 380 g/mol. The lowest BCUT2D eigenvalue weighted by Gasteiger charge is -2.39. The van der Waals surface area contributed by atoms with Crippen molar-refractivity contribution in [3.63, 3.8) is 0 Å². The maximum absolute atomic E-state index is 13.0. The van der Waals surface area contributed by atoms with E-state index in [1.807, 2.05) is 46.3 Å². The lowest BCUT2D eigenvalue weighted by molar-refractivity contribution is -0.145. The molecule has 0 bridgehead atoms. The number of benzene rings is 1. The molecule has 1 atom stereocenters. The third-order valence-corrected chi connectivity index (χ3v) is 6.03. The van der Waals surface area contributed by atoms with Crippen LogP contribution in [0.2, 0.25) is 0 Å². The highest BCUT2D eigenvalue weighted by Gasteiger charge is 2.49. The molecule has 2 amide bonds. The molecule has 148 valence electrons. The molecular weight excluding hydrogens is 352 g/mol. The van der Waals surface area contributed by atoms with Gasteiger partial charge in [0.15, 0.2) is 0 Å². The standard InChI is InChI=1S/C22H28N4O2/c1-2-11-24-12-6-9-22(21(24)28)10-13-25(17-22)20(27)19-14-23-26(16-19)15-18-7-4-3-5-8-18/h3-5,7-8,14,16H,2,6,9-13,15,17H2,1H3. The Hall–Kier alpha value is -2.63. The zero-order valence-corrected chi connectivity index (χ0v) is 16.5. The smallest absolute Gasteiger partial charge is 0.257 e. The van der Waals surface area contributed by atoms with E-state index in [2.05, 4.69) is 12.0 Å². The van der Waals surface area contributed by atoms with E-state index in [9.17, 15) is 9.59 Å². The fourth-order valence-corrected chi connectivity index (χ4v) is 4.57. The summed E-state index contributed by atoms with van der Waals surface area (Å²) in [6.07, 6.45) is 7.13. The van der Waals surface area contributed by atoms with Crippen molar-refractivity contribution < 1.29 is 9.59 Å². The SMILES string of the molecule is CCCN1CCCC2(CCN(C(=O)c3cnn(Cc4ccccc4)c3)C2)C1=O. The van der Waals surface area contributed by atoms with E-state index in [1.54, 1.807) is 10.9 Å². The lowest BCUT2D eigenvalue weighted by Crippen LogP contribution is -2.50. The van der Waals surface area contributed by atoms with E-state index in [4.69, 9.17) is 0 Å². The summed E-state index contributed by atoms with van der Waals surface area (Å²) in [7, 11) is 0. The summed E-state index contributed by atoms with van der Waals surface area (Å²) < 4.78 is 1.79. The molecule has 2 aliphatic heterocycles.